The van der Waals surface area contributed by atoms with Gasteiger partial charge >= 0.3 is 5.97 Å². The van der Waals surface area contributed by atoms with Crippen LogP contribution >= 0.6 is 0 Å². The van der Waals surface area contributed by atoms with E-state index in [9.17, 15) is 9.59 Å². The van der Waals surface area contributed by atoms with Crippen LogP contribution in [-0.2, 0) is 9.47 Å². The third-order valence-corrected chi connectivity index (χ3v) is 4.11. The Morgan fingerprint density at radius 1 is 0.929 bits per heavy atom. The maximum atomic E-state index is 12.8. The largest absolute Gasteiger partial charge is 0.459 e. The van der Waals surface area contributed by atoms with E-state index in [2.05, 4.69) is 10.2 Å². The van der Waals surface area contributed by atoms with Crippen LogP contribution in [0.4, 0.5) is 0 Å². The smallest absolute Gasteiger partial charge is 0.344 e. The second-order valence-electron chi connectivity index (χ2n) is 6.13. The molecule has 0 unspecified atom stereocenters. The SMILES string of the molecule is CCCOCCOC(=O)c1c(-c2ccccc2)c(-c2ccccc2)n[nH]c1=O. The van der Waals surface area contributed by atoms with Crippen LogP contribution in [0.5, 0.6) is 0 Å². The number of rotatable bonds is 8. The van der Waals surface area contributed by atoms with E-state index in [1.165, 1.54) is 0 Å². The van der Waals surface area contributed by atoms with E-state index in [4.69, 9.17) is 9.47 Å². The maximum absolute atomic E-state index is 12.8. The number of hydrogen-bond acceptors (Lipinski definition) is 5. The predicted molar refractivity (Wildman–Crippen MR) is 107 cm³/mol. The van der Waals surface area contributed by atoms with Crippen LogP contribution < -0.4 is 5.56 Å². The van der Waals surface area contributed by atoms with Crippen molar-refractivity contribution < 1.29 is 14.3 Å². The first-order chi connectivity index (χ1) is 13.7. The fourth-order valence-electron chi connectivity index (χ4n) is 2.85. The summed E-state index contributed by atoms with van der Waals surface area (Å²) in [6.07, 6.45) is 0.885. The highest BCUT2D eigenvalue weighted by Gasteiger charge is 2.24. The molecule has 0 atom stereocenters. The minimum Gasteiger partial charge on any atom is -0.459 e. The van der Waals surface area contributed by atoms with Gasteiger partial charge in [0.15, 0.2) is 0 Å². The first-order valence-corrected chi connectivity index (χ1v) is 9.20. The number of aromatic amines is 1. The highest BCUT2D eigenvalue weighted by Crippen LogP contribution is 2.31. The first-order valence-electron chi connectivity index (χ1n) is 9.20. The zero-order valence-corrected chi connectivity index (χ0v) is 15.7. The quantitative estimate of drug-likeness (QED) is 0.478. The number of esters is 1. The lowest BCUT2D eigenvalue weighted by atomic mass is 9.95. The molecule has 1 heterocycles. The van der Waals surface area contributed by atoms with Gasteiger partial charge in [-0.05, 0) is 12.0 Å². The Morgan fingerprint density at radius 3 is 2.21 bits per heavy atom. The lowest BCUT2D eigenvalue weighted by Crippen LogP contribution is -2.24. The normalized spacial score (nSPS) is 10.6. The molecule has 6 heteroatoms. The molecule has 0 aliphatic heterocycles. The van der Waals surface area contributed by atoms with Crippen LogP contribution in [-0.4, -0.2) is 36.0 Å². The van der Waals surface area contributed by atoms with Crippen molar-refractivity contribution in [3.8, 4) is 22.4 Å². The molecule has 28 heavy (non-hydrogen) atoms. The van der Waals surface area contributed by atoms with E-state index in [-0.39, 0.29) is 18.8 Å². The van der Waals surface area contributed by atoms with Gasteiger partial charge < -0.3 is 9.47 Å². The summed E-state index contributed by atoms with van der Waals surface area (Å²) in [4.78, 5) is 25.3. The summed E-state index contributed by atoms with van der Waals surface area (Å²) in [6.45, 7) is 2.96. The Labute approximate surface area is 163 Å². The van der Waals surface area contributed by atoms with Crippen molar-refractivity contribution in [3.63, 3.8) is 0 Å². The molecule has 0 aliphatic carbocycles. The summed E-state index contributed by atoms with van der Waals surface area (Å²) in [6, 6.07) is 18.6. The van der Waals surface area contributed by atoms with Gasteiger partial charge in [0.05, 0.1) is 12.3 Å². The van der Waals surface area contributed by atoms with Gasteiger partial charge in [-0.15, -0.1) is 0 Å². The first kappa shape index (κ1) is 19.5. The molecule has 2 aromatic carbocycles. The number of ether oxygens (including phenoxy) is 2. The van der Waals surface area contributed by atoms with Crippen molar-refractivity contribution >= 4 is 5.97 Å². The second kappa shape index (κ2) is 9.62. The van der Waals surface area contributed by atoms with Gasteiger partial charge in [-0.1, -0.05) is 67.6 Å². The molecule has 1 aromatic heterocycles. The lowest BCUT2D eigenvalue weighted by molar-refractivity contribution is 0.0317. The van der Waals surface area contributed by atoms with Crippen molar-refractivity contribution in [2.24, 2.45) is 0 Å². The summed E-state index contributed by atoms with van der Waals surface area (Å²) in [5.74, 6) is -0.695. The summed E-state index contributed by atoms with van der Waals surface area (Å²) >= 11 is 0. The molecule has 0 aliphatic rings. The molecule has 0 saturated heterocycles. The molecular formula is C22H22N2O4. The average Bonchev–Trinajstić information content (AvgIpc) is 2.74. The molecule has 144 valence electrons. The van der Waals surface area contributed by atoms with Crippen molar-refractivity contribution in [1.82, 2.24) is 10.2 Å². The number of nitrogens with zero attached hydrogens (tertiary/aromatic N) is 1. The van der Waals surface area contributed by atoms with Gasteiger partial charge in [0, 0.05) is 17.7 Å². The number of carbonyl (C=O) groups excluding carboxylic acids is 1. The zero-order valence-electron chi connectivity index (χ0n) is 15.7. The summed E-state index contributed by atoms with van der Waals surface area (Å²) in [5, 5.41) is 6.65. The third kappa shape index (κ3) is 4.53. The highest BCUT2D eigenvalue weighted by molar-refractivity contribution is 6.00. The van der Waals surface area contributed by atoms with Crippen molar-refractivity contribution in [1.29, 1.82) is 0 Å². The fraction of sp³-hybridized carbons (Fsp3) is 0.227. The van der Waals surface area contributed by atoms with Gasteiger partial charge in [0.2, 0.25) is 0 Å². The molecule has 1 N–H and O–H groups in total. The Balaban J connectivity index is 2.04. The summed E-state index contributed by atoms with van der Waals surface area (Å²) in [5.41, 5.74) is 1.83. The molecule has 0 spiro atoms. The number of H-pyrrole nitrogens is 1. The number of nitrogens with one attached hydrogen (secondary N) is 1. The van der Waals surface area contributed by atoms with Crippen LogP contribution in [0.25, 0.3) is 22.4 Å². The maximum Gasteiger partial charge on any atom is 0.344 e. The van der Waals surface area contributed by atoms with Crippen LogP contribution in [0.2, 0.25) is 0 Å². The Morgan fingerprint density at radius 2 is 1.57 bits per heavy atom. The van der Waals surface area contributed by atoms with Crippen LogP contribution in [0, 0.1) is 0 Å². The van der Waals surface area contributed by atoms with Gasteiger partial charge in [-0.25, -0.2) is 9.89 Å². The molecule has 0 radical (unpaired) electrons. The molecule has 0 saturated carbocycles. The minimum atomic E-state index is -0.695. The van der Waals surface area contributed by atoms with E-state index in [1.807, 2.05) is 67.6 Å². The van der Waals surface area contributed by atoms with Gasteiger partial charge in [-0.2, -0.15) is 5.10 Å². The van der Waals surface area contributed by atoms with Crippen molar-refractivity contribution in [2.75, 3.05) is 19.8 Å². The molecule has 3 aromatic rings. The third-order valence-electron chi connectivity index (χ3n) is 4.11. The van der Waals surface area contributed by atoms with E-state index in [1.54, 1.807) is 0 Å². The van der Waals surface area contributed by atoms with Crippen molar-refractivity contribution in [3.05, 3.63) is 76.6 Å². The standard InChI is InChI=1S/C22H22N2O4/c1-2-13-27-14-15-28-22(26)19-18(16-9-5-3-6-10-16)20(23-24-21(19)25)17-11-7-4-8-12-17/h3-12H,2,13-15H2,1H3,(H,24,25). The molecule has 6 nitrogen and oxygen atoms in total. The van der Waals surface area contributed by atoms with Gasteiger partial charge in [0.1, 0.15) is 12.2 Å². The molecular weight excluding hydrogens is 356 g/mol. The van der Waals surface area contributed by atoms with Crippen LogP contribution in [0.3, 0.4) is 0 Å². The lowest BCUT2D eigenvalue weighted by Gasteiger charge is -2.13. The fourth-order valence-corrected chi connectivity index (χ4v) is 2.85. The van der Waals surface area contributed by atoms with Gasteiger partial charge in [0.25, 0.3) is 5.56 Å². The van der Waals surface area contributed by atoms with Gasteiger partial charge in [-0.3, -0.25) is 4.79 Å². The van der Waals surface area contributed by atoms with E-state index in [0.717, 1.165) is 12.0 Å². The second-order valence-corrected chi connectivity index (χ2v) is 6.13. The highest BCUT2D eigenvalue weighted by atomic mass is 16.6. The predicted octanol–water partition coefficient (Wildman–Crippen LogP) is 3.69. The Bertz CT molecular complexity index is 969. The molecule has 0 amide bonds. The summed E-state index contributed by atoms with van der Waals surface area (Å²) in [7, 11) is 0. The van der Waals surface area contributed by atoms with E-state index in [0.29, 0.717) is 23.4 Å². The monoisotopic (exact) mass is 378 g/mol. The zero-order chi connectivity index (χ0) is 19.8. The Hall–Kier alpha value is -3.25. The number of hydrogen-bond donors (Lipinski definition) is 1. The number of aromatic nitrogens is 2. The Kier molecular flexibility index (Phi) is 6.70. The molecule has 3 rings (SSSR count). The van der Waals surface area contributed by atoms with Crippen LogP contribution in [0.15, 0.2) is 65.5 Å². The molecule has 0 fully saturated rings. The number of benzene rings is 2. The average molecular weight is 378 g/mol. The topological polar surface area (TPSA) is 81.3 Å². The minimum absolute atomic E-state index is 0.0597. The van der Waals surface area contributed by atoms with Crippen LogP contribution in [0.1, 0.15) is 23.7 Å². The summed E-state index contributed by atoms with van der Waals surface area (Å²) < 4.78 is 10.6. The van der Waals surface area contributed by atoms with E-state index >= 15 is 0 Å². The number of carbonyl (C=O) groups is 1. The van der Waals surface area contributed by atoms with Crippen molar-refractivity contribution in [2.45, 2.75) is 13.3 Å². The molecule has 0 bridgehead atoms. The van der Waals surface area contributed by atoms with E-state index < -0.39 is 11.5 Å².